The predicted molar refractivity (Wildman–Crippen MR) is 150 cm³/mol. The van der Waals surface area contributed by atoms with Crippen LogP contribution in [0.1, 0.15) is 10.5 Å². The number of carbonyl (C=O) groups is 2. The summed E-state index contributed by atoms with van der Waals surface area (Å²) in [5.41, 5.74) is 1.52. The molecule has 2 amide bonds. The molecule has 0 saturated carbocycles. The van der Waals surface area contributed by atoms with Crippen LogP contribution in [0.3, 0.4) is 0 Å². The van der Waals surface area contributed by atoms with Crippen LogP contribution < -0.4 is 9.46 Å². The number of carbonyl (C=O) groups excluding carboxylic acids is 1. The molecule has 1 fully saturated rings. The van der Waals surface area contributed by atoms with Gasteiger partial charge in [-0.05, 0) is 48.5 Å². The van der Waals surface area contributed by atoms with E-state index < -0.39 is 16.1 Å². The number of aromatic nitrogens is 2. The van der Waals surface area contributed by atoms with Crippen molar-refractivity contribution in [1.29, 1.82) is 0 Å². The van der Waals surface area contributed by atoms with E-state index in [0.717, 1.165) is 10.9 Å². The third kappa shape index (κ3) is 5.64. The van der Waals surface area contributed by atoms with Crippen molar-refractivity contribution < 1.29 is 27.9 Å². The Balaban J connectivity index is 1.27. The lowest BCUT2D eigenvalue weighted by molar-refractivity contribution is 0.0616. The number of nitrogens with one attached hydrogen (secondary N) is 1. The molecule has 2 aromatic heterocycles. The maximum absolute atomic E-state index is 13.1. The zero-order valence-corrected chi connectivity index (χ0v) is 23.4. The lowest BCUT2D eigenvalue weighted by Crippen LogP contribution is -2.50. The number of amides is 2. The number of fused-ring (bicyclic) bond motifs is 1. The molecule has 40 heavy (non-hydrogen) atoms. The van der Waals surface area contributed by atoms with Gasteiger partial charge >= 0.3 is 6.09 Å². The van der Waals surface area contributed by atoms with Crippen LogP contribution in [0, 0.1) is 0 Å². The predicted octanol–water partition coefficient (Wildman–Crippen LogP) is 4.91. The van der Waals surface area contributed by atoms with Crippen LogP contribution in [0.25, 0.3) is 10.9 Å². The molecule has 2 N–H and O–H groups in total. The zero-order chi connectivity index (χ0) is 28.6. The van der Waals surface area contributed by atoms with Crippen molar-refractivity contribution in [3.63, 3.8) is 0 Å². The summed E-state index contributed by atoms with van der Waals surface area (Å²) in [4.78, 5) is 31.4. The molecule has 0 radical (unpaired) electrons. The summed E-state index contributed by atoms with van der Waals surface area (Å²) in [7, 11) is -2.11. The van der Waals surface area contributed by atoms with Gasteiger partial charge in [0.1, 0.15) is 11.4 Å². The minimum atomic E-state index is -3.91. The maximum Gasteiger partial charge on any atom is 0.407 e. The van der Waals surface area contributed by atoms with Gasteiger partial charge in [0, 0.05) is 50.2 Å². The summed E-state index contributed by atoms with van der Waals surface area (Å²) in [6.07, 6.45) is 0.338. The van der Waals surface area contributed by atoms with Crippen LogP contribution >= 0.6 is 23.2 Å². The van der Waals surface area contributed by atoms with E-state index in [-0.39, 0.29) is 45.5 Å². The van der Waals surface area contributed by atoms with E-state index in [9.17, 15) is 18.0 Å². The molecule has 208 valence electrons. The third-order valence-corrected chi connectivity index (χ3v) is 8.60. The fraction of sp³-hybridized carbons (Fsp3) is 0.192. The molecule has 2 aromatic carbocycles. The Hall–Kier alpha value is -4.00. The molecule has 11 nitrogen and oxygen atoms in total. The average molecular weight is 604 g/mol. The van der Waals surface area contributed by atoms with Gasteiger partial charge in [-0.1, -0.05) is 23.2 Å². The number of hydrogen-bond acceptors (Lipinski definition) is 6. The molecular formula is C26H23Cl2N5O6S. The molecule has 0 atom stereocenters. The summed E-state index contributed by atoms with van der Waals surface area (Å²) in [5.74, 6) is 0.538. The first-order chi connectivity index (χ1) is 19.0. The number of anilines is 1. The normalized spacial score (nSPS) is 13.9. The van der Waals surface area contributed by atoms with Gasteiger partial charge < -0.3 is 24.2 Å². The highest BCUT2D eigenvalue weighted by molar-refractivity contribution is 7.92. The number of sulfonamides is 1. The van der Waals surface area contributed by atoms with E-state index >= 15 is 0 Å². The van der Waals surface area contributed by atoms with Crippen molar-refractivity contribution in [1.82, 2.24) is 19.4 Å². The zero-order valence-electron chi connectivity index (χ0n) is 21.0. The van der Waals surface area contributed by atoms with Crippen molar-refractivity contribution in [2.75, 3.05) is 30.9 Å². The number of aryl methyl sites for hydroxylation is 1. The van der Waals surface area contributed by atoms with Gasteiger partial charge in [-0.2, -0.15) is 0 Å². The smallest absolute Gasteiger partial charge is 0.407 e. The van der Waals surface area contributed by atoms with E-state index in [1.807, 2.05) is 6.07 Å². The Labute approximate surface area is 239 Å². The van der Waals surface area contributed by atoms with E-state index in [1.54, 1.807) is 34.7 Å². The number of ether oxygens (including phenoxy) is 1. The molecule has 3 heterocycles. The standard InChI is InChI=1S/C26H23Cl2N5O6S/c1-31-22-6-3-18(12-16(22)13-23(31)25(34)32-8-10-33(11-9-32)26(35)36)39-24-7-2-17(15-29-24)30-40(37,38)19-4-5-20(27)21(28)14-19/h2-7,12-15,30H,8-11H2,1H3,(H,35,36). The number of nitrogens with zero attached hydrogens (tertiary/aromatic N) is 4. The van der Waals surface area contributed by atoms with E-state index in [1.165, 1.54) is 41.4 Å². The first-order valence-corrected chi connectivity index (χ1v) is 14.2. The van der Waals surface area contributed by atoms with Crippen molar-refractivity contribution >= 4 is 61.8 Å². The highest BCUT2D eigenvalue weighted by atomic mass is 35.5. The van der Waals surface area contributed by atoms with Crippen molar-refractivity contribution in [2.45, 2.75) is 4.90 Å². The summed E-state index contributed by atoms with van der Waals surface area (Å²) in [6, 6.07) is 14.1. The molecule has 1 aliphatic heterocycles. The minimum absolute atomic E-state index is 0.0428. The van der Waals surface area contributed by atoms with E-state index in [2.05, 4.69) is 9.71 Å². The molecule has 14 heteroatoms. The second kappa shape index (κ2) is 10.9. The van der Waals surface area contributed by atoms with Gasteiger partial charge in [-0.25, -0.2) is 18.2 Å². The molecule has 5 rings (SSSR count). The van der Waals surface area contributed by atoms with Gasteiger partial charge in [0.25, 0.3) is 15.9 Å². The number of carboxylic acid groups (broad SMARTS) is 1. The van der Waals surface area contributed by atoms with Crippen LogP contribution in [0.2, 0.25) is 10.0 Å². The third-order valence-electron chi connectivity index (χ3n) is 6.48. The summed E-state index contributed by atoms with van der Waals surface area (Å²) >= 11 is 11.8. The average Bonchev–Trinajstić information content (AvgIpc) is 3.26. The lowest BCUT2D eigenvalue weighted by atomic mass is 10.2. The van der Waals surface area contributed by atoms with Gasteiger partial charge in [0.15, 0.2) is 0 Å². The highest BCUT2D eigenvalue weighted by Crippen LogP contribution is 2.29. The number of halogens is 2. The van der Waals surface area contributed by atoms with Crippen LogP contribution in [0.5, 0.6) is 11.6 Å². The van der Waals surface area contributed by atoms with Crippen molar-refractivity contribution in [2.24, 2.45) is 7.05 Å². The topological polar surface area (TPSA) is 134 Å². The van der Waals surface area contributed by atoms with Gasteiger partial charge in [0.2, 0.25) is 5.88 Å². The van der Waals surface area contributed by atoms with E-state index in [0.29, 0.717) is 24.5 Å². The van der Waals surface area contributed by atoms with Crippen LogP contribution in [0.4, 0.5) is 10.5 Å². The molecule has 1 aliphatic rings. The Bertz CT molecular complexity index is 1720. The number of rotatable bonds is 6. The molecule has 1 saturated heterocycles. The molecule has 0 unspecified atom stereocenters. The highest BCUT2D eigenvalue weighted by Gasteiger charge is 2.26. The summed E-state index contributed by atoms with van der Waals surface area (Å²) in [6.45, 7) is 1.19. The maximum atomic E-state index is 13.1. The first-order valence-electron chi connectivity index (χ1n) is 12.0. The molecule has 4 aromatic rings. The van der Waals surface area contributed by atoms with Gasteiger partial charge in [0.05, 0.1) is 26.8 Å². The fourth-order valence-electron chi connectivity index (χ4n) is 4.34. The van der Waals surface area contributed by atoms with Crippen LogP contribution in [-0.2, 0) is 17.1 Å². The Kier molecular flexibility index (Phi) is 7.49. The molecule has 0 bridgehead atoms. The SMILES string of the molecule is Cn1c(C(=O)N2CCN(C(=O)O)CC2)cc2cc(Oc3ccc(NS(=O)(=O)c4ccc(Cl)c(Cl)c4)cn3)ccc21. The quantitative estimate of drug-likeness (QED) is 0.320. The van der Waals surface area contributed by atoms with Crippen LogP contribution in [0.15, 0.2) is 65.7 Å². The lowest BCUT2D eigenvalue weighted by Gasteiger charge is -2.33. The molecule has 0 aliphatic carbocycles. The fourth-order valence-corrected chi connectivity index (χ4v) is 5.77. The summed E-state index contributed by atoms with van der Waals surface area (Å²) in [5, 5.41) is 10.3. The van der Waals surface area contributed by atoms with E-state index in [4.69, 9.17) is 33.0 Å². The van der Waals surface area contributed by atoms with Gasteiger partial charge in [-0.15, -0.1) is 0 Å². The number of hydrogen-bond donors (Lipinski definition) is 2. The Morgan fingerprint density at radius 2 is 1.68 bits per heavy atom. The Morgan fingerprint density at radius 1 is 0.950 bits per heavy atom. The second-order valence-electron chi connectivity index (χ2n) is 9.04. The number of piperazine rings is 1. The number of benzene rings is 2. The van der Waals surface area contributed by atoms with Crippen molar-refractivity contribution in [3.8, 4) is 11.6 Å². The monoisotopic (exact) mass is 603 g/mol. The largest absolute Gasteiger partial charge is 0.465 e. The van der Waals surface area contributed by atoms with Crippen LogP contribution in [-0.4, -0.2) is 71.1 Å². The first kappa shape index (κ1) is 27.6. The van der Waals surface area contributed by atoms with Crippen molar-refractivity contribution in [3.05, 3.63) is 76.5 Å². The summed E-state index contributed by atoms with van der Waals surface area (Å²) < 4.78 is 35.4. The minimum Gasteiger partial charge on any atom is -0.465 e. The molecule has 0 spiro atoms. The Morgan fingerprint density at radius 3 is 2.33 bits per heavy atom. The number of pyridine rings is 1. The molecular weight excluding hydrogens is 581 g/mol. The second-order valence-corrected chi connectivity index (χ2v) is 11.5. The van der Waals surface area contributed by atoms with Gasteiger partial charge in [-0.3, -0.25) is 9.52 Å².